The van der Waals surface area contributed by atoms with Crippen LogP contribution in [0.25, 0.3) is 93.9 Å². The van der Waals surface area contributed by atoms with Gasteiger partial charge in [-0.3, -0.25) is 0 Å². The molecule has 0 atom stereocenters. The molecule has 12 rings (SSSR count). The lowest BCUT2D eigenvalue weighted by Gasteiger charge is -2.26. The lowest BCUT2D eigenvalue weighted by molar-refractivity contribution is 0.619. The second-order valence-corrected chi connectivity index (χ2v) is 13.9. The average Bonchev–Trinajstić information content (AvgIpc) is 4.02. The molecule has 0 spiro atoms. The Labute approximate surface area is 313 Å². The van der Waals surface area contributed by atoms with Crippen molar-refractivity contribution in [3.63, 3.8) is 0 Å². The summed E-state index contributed by atoms with van der Waals surface area (Å²) in [7, 11) is 0. The summed E-state index contributed by atoms with van der Waals surface area (Å²) in [5.41, 5.74) is 11.6. The van der Waals surface area contributed by atoms with Gasteiger partial charge in [-0.25, -0.2) is 4.98 Å². The van der Waals surface area contributed by atoms with E-state index in [0.717, 1.165) is 99.5 Å². The number of rotatable bonds is 5. The van der Waals surface area contributed by atoms with Gasteiger partial charge in [0.25, 0.3) is 0 Å². The van der Waals surface area contributed by atoms with Gasteiger partial charge in [0.2, 0.25) is 5.89 Å². The molecule has 0 bridgehead atoms. The van der Waals surface area contributed by atoms with Gasteiger partial charge in [-0.2, -0.15) is 0 Å². The normalized spacial score (nSPS) is 12.0. The van der Waals surface area contributed by atoms with E-state index in [9.17, 15) is 0 Å². The first-order valence-electron chi connectivity index (χ1n) is 18.4. The highest BCUT2D eigenvalue weighted by Gasteiger charge is 2.27. The van der Waals surface area contributed by atoms with Gasteiger partial charge in [-0.05, 0) is 72.8 Å². The number of hydrogen-bond donors (Lipinski definition) is 0. The maximum Gasteiger partial charge on any atom is 0.227 e. The second kappa shape index (κ2) is 11.5. The third-order valence-corrected chi connectivity index (χ3v) is 10.8. The topological polar surface area (TPSA) is 60.5 Å². The van der Waals surface area contributed by atoms with Crippen LogP contribution in [0.1, 0.15) is 0 Å². The van der Waals surface area contributed by atoms with E-state index >= 15 is 0 Å². The number of oxazole rings is 1. The van der Waals surface area contributed by atoms with Gasteiger partial charge < -0.3 is 22.7 Å². The minimum absolute atomic E-state index is 0.577. The maximum absolute atomic E-state index is 6.92. The molecule has 0 amide bonds. The minimum Gasteiger partial charge on any atom is -0.454 e. The summed E-state index contributed by atoms with van der Waals surface area (Å²) in [5, 5.41) is 6.25. The fourth-order valence-electron chi connectivity index (χ4n) is 8.48. The summed E-state index contributed by atoms with van der Waals surface area (Å²) in [6.07, 6.45) is 0. The lowest BCUT2D eigenvalue weighted by Crippen LogP contribution is -2.11. The number of para-hydroxylation sites is 5. The zero-order valence-corrected chi connectivity index (χ0v) is 29.3. The monoisotopic (exact) mass is 707 g/mol. The number of furan rings is 2. The van der Waals surface area contributed by atoms with Crippen LogP contribution in [0, 0.1) is 0 Å². The van der Waals surface area contributed by atoms with Gasteiger partial charge in [0.15, 0.2) is 16.7 Å². The van der Waals surface area contributed by atoms with Crippen molar-refractivity contribution in [3.05, 3.63) is 176 Å². The third-order valence-electron chi connectivity index (χ3n) is 10.8. The largest absolute Gasteiger partial charge is 0.454 e. The van der Waals surface area contributed by atoms with Crippen LogP contribution >= 0.6 is 0 Å². The molecule has 0 N–H and O–H groups in total. The van der Waals surface area contributed by atoms with Crippen LogP contribution in [0.5, 0.6) is 0 Å². The van der Waals surface area contributed by atoms with E-state index in [0.29, 0.717) is 11.5 Å². The predicted octanol–water partition coefficient (Wildman–Crippen LogP) is 13.9. The molecule has 0 aliphatic rings. The molecule has 0 fully saturated rings. The highest BCUT2D eigenvalue weighted by Crippen LogP contribution is 2.50. The number of hydrogen-bond acceptors (Lipinski definition) is 5. The molecular formula is C49H29N3O3. The summed E-state index contributed by atoms with van der Waals surface area (Å²) in [6, 6.07) is 60.7. The molecule has 6 heteroatoms. The maximum atomic E-state index is 6.92. The van der Waals surface area contributed by atoms with Crippen LogP contribution in [0.3, 0.4) is 0 Å². The smallest absolute Gasteiger partial charge is 0.227 e. The first-order chi connectivity index (χ1) is 27.3. The fraction of sp³-hybridized carbons (Fsp3) is 0. The van der Waals surface area contributed by atoms with E-state index in [1.54, 1.807) is 0 Å². The van der Waals surface area contributed by atoms with Crippen LogP contribution in [0.2, 0.25) is 0 Å². The van der Waals surface area contributed by atoms with Crippen molar-refractivity contribution in [1.29, 1.82) is 0 Å². The summed E-state index contributed by atoms with van der Waals surface area (Å²) in [6.45, 7) is 0. The van der Waals surface area contributed by atoms with E-state index in [1.807, 2.05) is 54.6 Å². The van der Waals surface area contributed by atoms with Gasteiger partial charge in [0.1, 0.15) is 16.7 Å². The van der Waals surface area contributed by atoms with E-state index in [4.69, 9.17) is 18.2 Å². The first-order valence-corrected chi connectivity index (χ1v) is 18.4. The van der Waals surface area contributed by atoms with E-state index in [1.165, 1.54) is 0 Å². The molecule has 0 unspecified atom stereocenters. The molecule has 0 saturated carbocycles. The Hall–Kier alpha value is -7.57. The van der Waals surface area contributed by atoms with Gasteiger partial charge in [0.05, 0.1) is 33.5 Å². The van der Waals surface area contributed by atoms with Crippen LogP contribution in [0.4, 0.5) is 17.1 Å². The van der Waals surface area contributed by atoms with Crippen molar-refractivity contribution in [2.45, 2.75) is 0 Å². The lowest BCUT2D eigenvalue weighted by atomic mass is 10.1. The number of anilines is 3. The number of benzene rings is 8. The molecule has 0 aliphatic carbocycles. The number of fused-ring (bicyclic) bond motifs is 11. The molecular weight excluding hydrogens is 679 g/mol. The van der Waals surface area contributed by atoms with Crippen molar-refractivity contribution in [2.24, 2.45) is 0 Å². The van der Waals surface area contributed by atoms with Crippen LogP contribution in [-0.2, 0) is 0 Å². The number of aromatic nitrogens is 2. The van der Waals surface area contributed by atoms with Gasteiger partial charge in [-0.1, -0.05) is 103 Å². The number of nitrogens with zero attached hydrogens (tertiary/aromatic N) is 3. The Bertz CT molecular complexity index is 3440. The van der Waals surface area contributed by atoms with Gasteiger partial charge in [-0.15, -0.1) is 0 Å². The van der Waals surface area contributed by atoms with Crippen LogP contribution in [0.15, 0.2) is 189 Å². The second-order valence-electron chi connectivity index (χ2n) is 13.9. The van der Waals surface area contributed by atoms with Crippen molar-refractivity contribution < 1.29 is 13.3 Å². The summed E-state index contributed by atoms with van der Waals surface area (Å²) in [4.78, 5) is 7.35. The van der Waals surface area contributed by atoms with Crippen molar-refractivity contribution in [1.82, 2.24) is 9.55 Å². The van der Waals surface area contributed by atoms with Crippen molar-refractivity contribution >= 4 is 93.8 Å². The molecule has 8 aromatic carbocycles. The molecule has 0 saturated heterocycles. The molecule has 12 aromatic rings. The fourth-order valence-corrected chi connectivity index (χ4v) is 8.48. The molecule has 55 heavy (non-hydrogen) atoms. The van der Waals surface area contributed by atoms with Gasteiger partial charge in [0, 0.05) is 38.2 Å². The summed E-state index contributed by atoms with van der Waals surface area (Å²) < 4.78 is 22.3. The third kappa shape index (κ3) is 4.33. The Morgan fingerprint density at radius 1 is 0.400 bits per heavy atom. The van der Waals surface area contributed by atoms with Crippen LogP contribution in [-0.4, -0.2) is 9.55 Å². The predicted molar refractivity (Wildman–Crippen MR) is 223 cm³/mol. The summed E-state index contributed by atoms with van der Waals surface area (Å²) >= 11 is 0. The zero-order valence-electron chi connectivity index (χ0n) is 29.3. The van der Waals surface area contributed by atoms with E-state index in [-0.39, 0.29) is 0 Å². The van der Waals surface area contributed by atoms with Crippen molar-refractivity contribution in [3.8, 4) is 17.1 Å². The first kappa shape index (κ1) is 29.9. The van der Waals surface area contributed by atoms with Crippen molar-refractivity contribution in [2.75, 3.05) is 4.90 Å². The summed E-state index contributed by atoms with van der Waals surface area (Å²) in [5.74, 6) is 0.577. The molecule has 4 aromatic heterocycles. The zero-order chi connectivity index (χ0) is 36.0. The highest BCUT2D eigenvalue weighted by atomic mass is 16.4. The molecule has 0 radical (unpaired) electrons. The Balaban J connectivity index is 1.19. The molecule has 0 aliphatic heterocycles. The SMILES string of the molecule is c1ccc(-c2nc3c(ccc4oc5c(N(c6cccc7c6oc6ccccc67)c6cccc7c6c6ccccc6n7-c6ccccc6)cccc5c43)o2)cc1. The Morgan fingerprint density at radius 3 is 1.84 bits per heavy atom. The Kier molecular flexibility index (Phi) is 6.24. The average molecular weight is 708 g/mol. The Morgan fingerprint density at radius 2 is 1.00 bits per heavy atom. The van der Waals surface area contributed by atoms with Gasteiger partial charge >= 0.3 is 0 Å². The van der Waals surface area contributed by atoms with E-state index in [2.05, 4.69) is 131 Å². The van der Waals surface area contributed by atoms with E-state index < -0.39 is 0 Å². The molecule has 6 nitrogen and oxygen atoms in total. The van der Waals surface area contributed by atoms with Crippen LogP contribution < -0.4 is 4.90 Å². The quantitative estimate of drug-likeness (QED) is 0.178. The molecule has 4 heterocycles. The highest BCUT2D eigenvalue weighted by molar-refractivity contribution is 6.22. The minimum atomic E-state index is 0.577. The molecule has 258 valence electrons. The standard InChI is InChI=1S/C49H29N3O3/c1-3-14-30(15-4-1)49-50-46-43(55-49)29-28-42-45(46)35-21-12-26-40(48(35)54-42)52(39-25-11-20-33-32-18-8-10-27-41(32)53-47(33)39)38-24-13-23-37-44(38)34-19-7-9-22-36(34)51(37)31-16-5-2-6-17-31/h1-29H.